The van der Waals surface area contributed by atoms with E-state index in [4.69, 9.17) is 9.84 Å². The number of aromatic carboxylic acids is 1. The highest BCUT2D eigenvalue weighted by atomic mass is 16.6. The minimum Gasteiger partial charge on any atom is -0.478 e. The molecule has 1 saturated heterocycles. The summed E-state index contributed by atoms with van der Waals surface area (Å²) in [7, 11) is 0. The van der Waals surface area contributed by atoms with Gasteiger partial charge in [0.25, 0.3) is 5.91 Å². The number of benzene rings is 1. The lowest BCUT2D eigenvalue weighted by atomic mass is 10.1. The molecule has 12 heteroatoms. The SMILES string of the molecule is CCNC(=O)[C@H]1O[C@@H](n2cnc3c(NCc4ccc(C(=O)O)cc4)ncnc32)[C@H](O)[C@@H]1O. The Labute approximate surface area is 181 Å². The van der Waals surface area contributed by atoms with Gasteiger partial charge in [0.2, 0.25) is 0 Å². The van der Waals surface area contributed by atoms with Gasteiger partial charge < -0.3 is 30.7 Å². The van der Waals surface area contributed by atoms with Crippen molar-refractivity contribution >= 4 is 28.9 Å². The van der Waals surface area contributed by atoms with E-state index in [0.717, 1.165) is 5.56 Å². The molecule has 1 aromatic carbocycles. The summed E-state index contributed by atoms with van der Waals surface area (Å²) in [6.45, 7) is 2.46. The minimum atomic E-state index is -1.41. The van der Waals surface area contributed by atoms with E-state index in [2.05, 4.69) is 25.6 Å². The first-order chi connectivity index (χ1) is 15.4. The first kappa shape index (κ1) is 21.6. The third kappa shape index (κ3) is 3.98. The zero-order valence-corrected chi connectivity index (χ0v) is 17.0. The molecule has 0 saturated carbocycles. The summed E-state index contributed by atoms with van der Waals surface area (Å²) in [6.07, 6.45) is -2.34. The quantitative estimate of drug-likeness (QED) is 0.332. The number of nitrogens with one attached hydrogen (secondary N) is 2. The van der Waals surface area contributed by atoms with Crippen LogP contribution in [0, 0.1) is 0 Å². The van der Waals surface area contributed by atoms with Crippen molar-refractivity contribution in [3.8, 4) is 0 Å². The summed E-state index contributed by atoms with van der Waals surface area (Å²) in [5, 5.41) is 35.4. The van der Waals surface area contributed by atoms with Crippen LogP contribution >= 0.6 is 0 Å². The molecule has 3 aromatic rings. The van der Waals surface area contributed by atoms with Crippen LogP contribution in [0.1, 0.15) is 29.1 Å². The van der Waals surface area contributed by atoms with Gasteiger partial charge in [-0.1, -0.05) is 12.1 Å². The summed E-state index contributed by atoms with van der Waals surface area (Å²) in [5.41, 5.74) is 1.78. The number of carboxylic acid groups (broad SMARTS) is 1. The molecule has 1 fully saturated rings. The van der Waals surface area contributed by atoms with Gasteiger partial charge in [0.05, 0.1) is 11.9 Å². The monoisotopic (exact) mass is 442 g/mol. The smallest absolute Gasteiger partial charge is 0.335 e. The Bertz CT molecular complexity index is 1130. The van der Waals surface area contributed by atoms with Crippen LogP contribution in [0.5, 0.6) is 0 Å². The summed E-state index contributed by atoms with van der Waals surface area (Å²) < 4.78 is 7.08. The summed E-state index contributed by atoms with van der Waals surface area (Å²) in [5.74, 6) is -1.09. The summed E-state index contributed by atoms with van der Waals surface area (Å²) in [4.78, 5) is 35.8. The number of hydrogen-bond donors (Lipinski definition) is 5. The average molecular weight is 442 g/mol. The number of likely N-dealkylation sites (N-methyl/N-ethyl adjacent to an activating group) is 1. The van der Waals surface area contributed by atoms with Gasteiger partial charge in [-0.25, -0.2) is 19.7 Å². The Morgan fingerprint density at radius 3 is 2.56 bits per heavy atom. The van der Waals surface area contributed by atoms with Crippen molar-refractivity contribution in [2.24, 2.45) is 0 Å². The molecule has 0 bridgehead atoms. The van der Waals surface area contributed by atoms with Gasteiger partial charge >= 0.3 is 5.97 Å². The standard InChI is InChI=1S/C20H22N6O6/c1-2-21-18(29)15-13(27)14(28)19(32-15)26-9-25-12-16(23-8-24-17(12)26)22-7-10-3-5-11(6-4-10)20(30)31/h3-6,8-9,13-15,19,27-28H,2,7H2,1H3,(H,21,29)(H,30,31)(H,22,23,24)/t13-,14+,15-,19+/m0/s1. The number of fused-ring (bicyclic) bond motifs is 1. The molecule has 4 rings (SSSR count). The van der Waals surface area contributed by atoms with Crippen LogP contribution in [0.4, 0.5) is 5.82 Å². The molecule has 3 heterocycles. The van der Waals surface area contributed by atoms with Crippen molar-refractivity contribution in [2.45, 2.75) is 38.0 Å². The summed E-state index contributed by atoms with van der Waals surface area (Å²) in [6, 6.07) is 6.41. The van der Waals surface area contributed by atoms with Crippen LogP contribution < -0.4 is 10.6 Å². The molecule has 12 nitrogen and oxygen atoms in total. The number of nitrogens with zero attached hydrogens (tertiary/aromatic N) is 4. The number of anilines is 1. The molecule has 0 radical (unpaired) electrons. The van der Waals surface area contributed by atoms with Crippen LogP contribution in [0.2, 0.25) is 0 Å². The van der Waals surface area contributed by atoms with Gasteiger partial charge in [0.1, 0.15) is 18.5 Å². The number of aliphatic hydroxyl groups is 2. The first-order valence-electron chi connectivity index (χ1n) is 9.93. The van der Waals surface area contributed by atoms with Gasteiger partial charge in [-0.15, -0.1) is 0 Å². The van der Waals surface area contributed by atoms with Crippen molar-refractivity contribution < 1.29 is 29.6 Å². The second kappa shape index (κ2) is 8.86. The van der Waals surface area contributed by atoms with Crippen molar-refractivity contribution in [1.29, 1.82) is 0 Å². The Morgan fingerprint density at radius 2 is 1.88 bits per heavy atom. The number of carbonyl (C=O) groups excluding carboxylic acids is 1. The van der Waals surface area contributed by atoms with Gasteiger partial charge in [-0.05, 0) is 24.6 Å². The maximum absolute atomic E-state index is 12.1. The van der Waals surface area contributed by atoms with Crippen molar-refractivity contribution in [3.63, 3.8) is 0 Å². The van der Waals surface area contributed by atoms with Crippen LogP contribution in [0.3, 0.4) is 0 Å². The zero-order valence-electron chi connectivity index (χ0n) is 17.0. The number of rotatable bonds is 7. The number of aromatic nitrogens is 4. The van der Waals surface area contributed by atoms with Crippen molar-refractivity contribution in [1.82, 2.24) is 24.8 Å². The van der Waals surface area contributed by atoms with Crippen LogP contribution in [-0.4, -0.2) is 71.6 Å². The van der Waals surface area contributed by atoms with Crippen LogP contribution in [0.25, 0.3) is 11.2 Å². The van der Waals surface area contributed by atoms with E-state index < -0.39 is 36.4 Å². The Balaban J connectivity index is 1.54. The molecule has 1 aliphatic heterocycles. The number of hydrogen-bond acceptors (Lipinski definition) is 9. The van der Waals surface area contributed by atoms with Gasteiger partial charge in [0.15, 0.2) is 29.3 Å². The van der Waals surface area contributed by atoms with Crippen molar-refractivity contribution in [3.05, 3.63) is 48.0 Å². The fraction of sp³-hybridized carbons (Fsp3) is 0.350. The van der Waals surface area contributed by atoms with E-state index in [9.17, 15) is 19.8 Å². The van der Waals surface area contributed by atoms with Crippen LogP contribution in [-0.2, 0) is 16.1 Å². The predicted molar refractivity (Wildman–Crippen MR) is 111 cm³/mol. The number of amides is 1. The van der Waals surface area contributed by atoms with E-state index in [1.54, 1.807) is 19.1 Å². The van der Waals surface area contributed by atoms with E-state index in [-0.39, 0.29) is 5.56 Å². The fourth-order valence-electron chi connectivity index (χ4n) is 3.50. The highest BCUT2D eigenvalue weighted by Gasteiger charge is 2.47. The number of carboxylic acids is 1. The first-order valence-corrected chi connectivity index (χ1v) is 9.93. The Hall–Kier alpha value is -3.61. The maximum Gasteiger partial charge on any atom is 0.335 e. The number of aliphatic hydroxyl groups excluding tert-OH is 2. The van der Waals surface area contributed by atoms with Gasteiger partial charge in [-0.2, -0.15) is 0 Å². The second-order valence-electron chi connectivity index (χ2n) is 7.22. The molecule has 32 heavy (non-hydrogen) atoms. The highest BCUT2D eigenvalue weighted by molar-refractivity contribution is 5.87. The molecule has 0 aliphatic carbocycles. The molecule has 4 atom stereocenters. The molecule has 2 aromatic heterocycles. The molecular formula is C20H22N6O6. The highest BCUT2D eigenvalue weighted by Crippen LogP contribution is 2.32. The van der Waals surface area contributed by atoms with E-state index in [1.165, 1.54) is 29.4 Å². The molecule has 1 amide bonds. The lowest BCUT2D eigenvalue weighted by molar-refractivity contribution is -0.137. The van der Waals surface area contributed by atoms with Gasteiger partial charge in [0, 0.05) is 13.1 Å². The normalized spacial score (nSPS) is 22.7. The molecule has 0 spiro atoms. The molecule has 5 N–H and O–H groups in total. The molecule has 1 aliphatic rings. The minimum absolute atomic E-state index is 0.195. The average Bonchev–Trinajstić information content (AvgIpc) is 3.34. The number of carbonyl (C=O) groups is 2. The van der Waals surface area contributed by atoms with E-state index in [1.807, 2.05) is 0 Å². The van der Waals surface area contributed by atoms with Gasteiger partial charge in [-0.3, -0.25) is 9.36 Å². The lowest BCUT2D eigenvalue weighted by Gasteiger charge is -2.16. The fourth-order valence-corrected chi connectivity index (χ4v) is 3.50. The Morgan fingerprint density at radius 1 is 1.12 bits per heavy atom. The Kier molecular flexibility index (Phi) is 5.99. The zero-order chi connectivity index (χ0) is 22.8. The molecule has 0 unspecified atom stereocenters. The predicted octanol–water partition coefficient (Wildman–Crippen LogP) is -0.108. The van der Waals surface area contributed by atoms with Crippen LogP contribution in [0.15, 0.2) is 36.9 Å². The topological polar surface area (TPSA) is 172 Å². The summed E-state index contributed by atoms with van der Waals surface area (Å²) >= 11 is 0. The van der Waals surface area contributed by atoms with E-state index >= 15 is 0 Å². The second-order valence-corrected chi connectivity index (χ2v) is 7.22. The third-order valence-corrected chi connectivity index (χ3v) is 5.14. The number of imidazole rings is 1. The van der Waals surface area contributed by atoms with E-state index in [0.29, 0.717) is 30.1 Å². The number of ether oxygens (including phenoxy) is 1. The largest absolute Gasteiger partial charge is 0.478 e. The maximum atomic E-state index is 12.1. The lowest BCUT2D eigenvalue weighted by Crippen LogP contribution is -2.42. The molecular weight excluding hydrogens is 420 g/mol. The van der Waals surface area contributed by atoms with Crippen molar-refractivity contribution in [2.75, 3.05) is 11.9 Å². The third-order valence-electron chi connectivity index (χ3n) is 5.14. The molecule has 168 valence electrons.